The molecule has 0 unspecified atom stereocenters. The number of hydrogen-bond donors (Lipinski definition) is 2. The lowest BCUT2D eigenvalue weighted by Crippen LogP contribution is -1.93. The number of hydrogen-bond acceptors (Lipinski definition) is 2. The molecule has 0 saturated carbocycles. The second kappa shape index (κ2) is 2.39. The van der Waals surface area contributed by atoms with E-state index in [4.69, 9.17) is 0 Å². The van der Waals surface area contributed by atoms with Crippen LogP contribution in [-0.2, 0) is 0 Å². The zero-order valence-electron chi connectivity index (χ0n) is 5.63. The Kier molecular flexibility index (Phi) is 1.40. The number of H-pyrrole nitrogens is 2. The zero-order chi connectivity index (χ0) is 7.68. The Bertz CT molecular complexity index is 384. The van der Waals surface area contributed by atoms with E-state index >= 15 is 0 Å². The summed E-state index contributed by atoms with van der Waals surface area (Å²) in [5.41, 5.74) is 0.762. The van der Waals surface area contributed by atoms with E-state index in [0.717, 1.165) is 10.6 Å². The largest absolute Gasteiger partial charge is 0.297 e. The Morgan fingerprint density at radius 3 is 2.82 bits per heavy atom. The molecule has 3 nitrogen and oxygen atoms in total. The minimum Gasteiger partial charge on any atom is -0.297 e. The van der Waals surface area contributed by atoms with Gasteiger partial charge in [-0.2, -0.15) is 0 Å². The molecular weight excluding hydrogens is 160 g/mol. The SMILES string of the molecule is O=c1cc(-c2cccs2)[nH][nH]1. The van der Waals surface area contributed by atoms with Crippen LogP contribution in [0.3, 0.4) is 0 Å². The molecule has 0 fully saturated rings. The highest BCUT2D eigenvalue weighted by Crippen LogP contribution is 2.20. The van der Waals surface area contributed by atoms with Crippen LogP contribution in [0.1, 0.15) is 0 Å². The molecule has 0 aliphatic carbocycles. The lowest BCUT2D eigenvalue weighted by atomic mass is 10.3. The smallest absolute Gasteiger partial charge is 0.264 e. The molecule has 0 radical (unpaired) electrons. The Hall–Kier alpha value is -1.29. The second-order valence-corrected chi connectivity index (χ2v) is 3.10. The fourth-order valence-corrected chi connectivity index (χ4v) is 1.59. The van der Waals surface area contributed by atoms with Crippen molar-refractivity contribution in [2.75, 3.05) is 0 Å². The van der Waals surface area contributed by atoms with Crippen LogP contribution in [0.15, 0.2) is 28.4 Å². The molecule has 0 aliphatic rings. The van der Waals surface area contributed by atoms with Gasteiger partial charge in [-0.05, 0) is 11.4 Å². The minimum atomic E-state index is -0.0894. The molecule has 56 valence electrons. The number of aromatic amines is 2. The third kappa shape index (κ3) is 1.12. The number of aromatic nitrogens is 2. The predicted molar refractivity (Wildman–Crippen MR) is 44.7 cm³/mol. The normalized spacial score (nSPS) is 10.2. The summed E-state index contributed by atoms with van der Waals surface area (Å²) in [7, 11) is 0. The third-order valence-electron chi connectivity index (χ3n) is 1.38. The van der Waals surface area contributed by atoms with Gasteiger partial charge in [-0.3, -0.25) is 15.0 Å². The summed E-state index contributed by atoms with van der Waals surface area (Å²) in [5, 5.41) is 7.24. The van der Waals surface area contributed by atoms with Gasteiger partial charge >= 0.3 is 0 Å². The number of nitrogens with one attached hydrogen (secondary N) is 2. The summed E-state index contributed by atoms with van der Waals surface area (Å²) in [6, 6.07) is 5.46. The fraction of sp³-hybridized carbons (Fsp3) is 0. The average molecular weight is 166 g/mol. The standard InChI is InChI=1S/C7H6N2OS/c10-7-4-5(8-9-7)6-2-1-3-11-6/h1-4H,(H2,8,9,10). The van der Waals surface area contributed by atoms with Crippen molar-refractivity contribution in [2.24, 2.45) is 0 Å². The quantitative estimate of drug-likeness (QED) is 0.661. The van der Waals surface area contributed by atoms with Crippen molar-refractivity contribution in [3.8, 4) is 10.6 Å². The summed E-state index contributed by atoms with van der Waals surface area (Å²) in [5.74, 6) is 0. The van der Waals surface area contributed by atoms with Crippen molar-refractivity contribution in [1.29, 1.82) is 0 Å². The molecule has 2 aromatic heterocycles. The van der Waals surface area contributed by atoms with Crippen LogP contribution >= 0.6 is 11.3 Å². The van der Waals surface area contributed by atoms with E-state index in [0.29, 0.717) is 0 Å². The topological polar surface area (TPSA) is 48.6 Å². The van der Waals surface area contributed by atoms with Crippen LogP contribution in [0.5, 0.6) is 0 Å². The van der Waals surface area contributed by atoms with Gasteiger partial charge in [-0.15, -0.1) is 11.3 Å². The first-order valence-electron chi connectivity index (χ1n) is 3.18. The van der Waals surface area contributed by atoms with Gasteiger partial charge in [0.25, 0.3) is 5.56 Å². The average Bonchev–Trinajstić information content (AvgIpc) is 2.55. The van der Waals surface area contributed by atoms with Gasteiger partial charge in [0.15, 0.2) is 0 Å². The summed E-state index contributed by atoms with van der Waals surface area (Å²) in [4.78, 5) is 11.8. The van der Waals surface area contributed by atoms with Crippen LogP contribution < -0.4 is 5.56 Å². The molecule has 2 rings (SSSR count). The Balaban J connectivity index is 2.53. The van der Waals surface area contributed by atoms with E-state index in [1.165, 1.54) is 0 Å². The van der Waals surface area contributed by atoms with E-state index < -0.39 is 0 Å². The van der Waals surface area contributed by atoms with Gasteiger partial charge in [0.05, 0.1) is 10.6 Å². The molecule has 0 aromatic carbocycles. The van der Waals surface area contributed by atoms with Crippen molar-refractivity contribution < 1.29 is 0 Å². The lowest BCUT2D eigenvalue weighted by molar-refractivity contribution is 1.06. The molecule has 0 amide bonds. The van der Waals surface area contributed by atoms with Gasteiger partial charge in [0.1, 0.15) is 0 Å². The van der Waals surface area contributed by atoms with E-state index in [1.54, 1.807) is 17.4 Å². The fourth-order valence-electron chi connectivity index (χ4n) is 0.897. The van der Waals surface area contributed by atoms with Crippen molar-refractivity contribution >= 4 is 11.3 Å². The zero-order valence-corrected chi connectivity index (χ0v) is 6.44. The summed E-state index contributed by atoms with van der Waals surface area (Å²) in [6.07, 6.45) is 0. The second-order valence-electron chi connectivity index (χ2n) is 2.15. The van der Waals surface area contributed by atoms with Crippen LogP contribution in [0, 0.1) is 0 Å². The highest BCUT2D eigenvalue weighted by molar-refractivity contribution is 7.13. The highest BCUT2D eigenvalue weighted by atomic mass is 32.1. The van der Waals surface area contributed by atoms with E-state index in [2.05, 4.69) is 10.2 Å². The van der Waals surface area contributed by atoms with Crippen molar-refractivity contribution in [2.45, 2.75) is 0 Å². The van der Waals surface area contributed by atoms with Crippen molar-refractivity contribution in [3.63, 3.8) is 0 Å². The molecule has 0 atom stereocenters. The lowest BCUT2D eigenvalue weighted by Gasteiger charge is -1.85. The summed E-state index contributed by atoms with van der Waals surface area (Å²) >= 11 is 1.60. The van der Waals surface area contributed by atoms with E-state index in [-0.39, 0.29) is 5.56 Å². The van der Waals surface area contributed by atoms with Crippen LogP contribution in [0.2, 0.25) is 0 Å². The van der Waals surface area contributed by atoms with Crippen molar-refractivity contribution in [1.82, 2.24) is 10.2 Å². The first kappa shape index (κ1) is 6.42. The molecule has 2 N–H and O–H groups in total. The Morgan fingerprint density at radius 1 is 1.36 bits per heavy atom. The van der Waals surface area contributed by atoms with Gasteiger partial charge < -0.3 is 0 Å². The van der Waals surface area contributed by atoms with Crippen LogP contribution in [0.4, 0.5) is 0 Å². The van der Waals surface area contributed by atoms with Crippen LogP contribution in [0.25, 0.3) is 10.6 Å². The van der Waals surface area contributed by atoms with E-state index in [9.17, 15) is 4.79 Å². The maximum absolute atomic E-state index is 10.7. The van der Waals surface area contributed by atoms with Gasteiger partial charge in [-0.25, -0.2) is 0 Å². The molecule has 0 aliphatic heterocycles. The molecule has 11 heavy (non-hydrogen) atoms. The van der Waals surface area contributed by atoms with Gasteiger partial charge in [-0.1, -0.05) is 6.07 Å². The Labute approximate surface area is 66.7 Å². The van der Waals surface area contributed by atoms with Gasteiger partial charge in [0.2, 0.25) is 0 Å². The highest BCUT2D eigenvalue weighted by Gasteiger charge is 1.99. The first-order chi connectivity index (χ1) is 5.36. The molecule has 0 bridgehead atoms. The van der Waals surface area contributed by atoms with Gasteiger partial charge in [0, 0.05) is 6.07 Å². The molecular formula is C7H6N2OS. The first-order valence-corrected chi connectivity index (χ1v) is 4.06. The predicted octanol–water partition coefficient (Wildman–Crippen LogP) is 1.43. The molecule has 2 heterocycles. The molecule has 4 heteroatoms. The minimum absolute atomic E-state index is 0.0894. The number of rotatable bonds is 1. The third-order valence-corrected chi connectivity index (χ3v) is 2.29. The maximum Gasteiger partial charge on any atom is 0.264 e. The summed E-state index contributed by atoms with van der Waals surface area (Å²) in [6.45, 7) is 0. The maximum atomic E-state index is 10.7. The Morgan fingerprint density at radius 2 is 2.27 bits per heavy atom. The number of thiophene rings is 1. The van der Waals surface area contributed by atoms with Crippen molar-refractivity contribution in [3.05, 3.63) is 33.9 Å². The molecule has 0 saturated heterocycles. The summed E-state index contributed by atoms with van der Waals surface area (Å²) < 4.78 is 0. The van der Waals surface area contributed by atoms with E-state index in [1.807, 2.05) is 17.5 Å². The van der Waals surface area contributed by atoms with Crippen LogP contribution in [-0.4, -0.2) is 10.2 Å². The molecule has 0 spiro atoms. The monoisotopic (exact) mass is 166 g/mol. The molecule has 2 aromatic rings.